The van der Waals surface area contributed by atoms with Gasteiger partial charge < -0.3 is 14.4 Å². The normalized spacial score (nSPS) is 29.6. The van der Waals surface area contributed by atoms with E-state index in [1.54, 1.807) is 22.8 Å². The van der Waals surface area contributed by atoms with Gasteiger partial charge in [0.1, 0.15) is 5.60 Å². The van der Waals surface area contributed by atoms with Crippen molar-refractivity contribution in [3.05, 3.63) is 18.5 Å². The molecule has 9 heteroatoms. The maximum atomic E-state index is 12.7. The second kappa shape index (κ2) is 6.21. The zero-order chi connectivity index (χ0) is 16.6. The van der Waals surface area contributed by atoms with E-state index in [4.69, 9.17) is 9.47 Å². The van der Waals surface area contributed by atoms with Gasteiger partial charge in [-0.25, -0.2) is 18.4 Å². The second-order valence-corrected chi connectivity index (χ2v) is 8.85. The molecule has 0 N–H and O–H groups in total. The minimum atomic E-state index is -3.25. The van der Waals surface area contributed by atoms with E-state index < -0.39 is 15.6 Å². The third-order valence-corrected chi connectivity index (χ3v) is 7.05. The third kappa shape index (κ3) is 3.13. The number of hydrogen-bond donors (Lipinski definition) is 0. The lowest BCUT2D eigenvalue weighted by molar-refractivity contribution is -0.0956. The van der Waals surface area contributed by atoms with E-state index in [2.05, 4.69) is 9.97 Å². The largest absolute Gasteiger partial charge is 0.377 e. The van der Waals surface area contributed by atoms with Crippen LogP contribution in [0.5, 0.6) is 0 Å². The van der Waals surface area contributed by atoms with Crippen LogP contribution in [0.4, 0.5) is 5.95 Å². The summed E-state index contributed by atoms with van der Waals surface area (Å²) in [4.78, 5) is 10.6. The van der Waals surface area contributed by atoms with Gasteiger partial charge in [0.25, 0.3) is 0 Å². The second-order valence-electron chi connectivity index (χ2n) is 6.63. The zero-order valence-electron chi connectivity index (χ0n) is 13.5. The average molecular weight is 354 g/mol. The predicted molar refractivity (Wildman–Crippen MR) is 87.3 cm³/mol. The molecule has 1 atom stereocenters. The molecule has 1 aromatic heterocycles. The number of hydrogen-bond acceptors (Lipinski definition) is 7. The molecule has 0 unspecified atom stereocenters. The van der Waals surface area contributed by atoms with Crippen LogP contribution in [0.1, 0.15) is 12.8 Å². The van der Waals surface area contributed by atoms with E-state index in [-0.39, 0.29) is 5.25 Å². The Bertz CT molecular complexity index is 682. The summed E-state index contributed by atoms with van der Waals surface area (Å²) in [6.07, 6.45) is 4.94. The summed E-state index contributed by atoms with van der Waals surface area (Å²) in [6, 6.07) is 1.78. The molecular weight excluding hydrogens is 332 g/mol. The molecule has 2 saturated heterocycles. The Balaban J connectivity index is 1.56. The van der Waals surface area contributed by atoms with Gasteiger partial charge >= 0.3 is 0 Å². The molecule has 4 rings (SSSR count). The topological polar surface area (TPSA) is 84.9 Å². The average Bonchev–Trinajstić information content (AvgIpc) is 3.44. The molecule has 0 bridgehead atoms. The molecule has 3 heterocycles. The number of ether oxygens (including phenoxy) is 2. The Morgan fingerprint density at radius 1 is 1.12 bits per heavy atom. The molecule has 1 saturated carbocycles. The highest BCUT2D eigenvalue weighted by Gasteiger charge is 2.47. The molecule has 0 amide bonds. The SMILES string of the molecule is O=S(=O)(C1CC1)N1CCOC[C@@]2(CN(c3ncccn3)CCO2)C1. The van der Waals surface area contributed by atoms with E-state index >= 15 is 0 Å². The minimum Gasteiger partial charge on any atom is -0.377 e. The van der Waals surface area contributed by atoms with E-state index in [9.17, 15) is 8.42 Å². The van der Waals surface area contributed by atoms with E-state index in [1.165, 1.54) is 0 Å². The molecular formula is C15H22N4O4S. The highest BCUT2D eigenvalue weighted by molar-refractivity contribution is 7.90. The summed E-state index contributed by atoms with van der Waals surface area (Å²) in [5.74, 6) is 0.640. The number of nitrogens with zero attached hydrogens (tertiary/aromatic N) is 4. The maximum Gasteiger partial charge on any atom is 0.225 e. The van der Waals surface area contributed by atoms with Crippen molar-refractivity contribution < 1.29 is 17.9 Å². The van der Waals surface area contributed by atoms with Gasteiger partial charge in [-0.3, -0.25) is 0 Å². The van der Waals surface area contributed by atoms with Gasteiger partial charge in [0.15, 0.2) is 0 Å². The van der Waals surface area contributed by atoms with Crippen LogP contribution >= 0.6 is 0 Å². The monoisotopic (exact) mass is 354 g/mol. The van der Waals surface area contributed by atoms with Gasteiger partial charge in [-0.05, 0) is 18.9 Å². The van der Waals surface area contributed by atoms with Crippen LogP contribution in [0.3, 0.4) is 0 Å². The summed E-state index contributed by atoms with van der Waals surface area (Å²) < 4.78 is 38.6. The fourth-order valence-electron chi connectivity index (χ4n) is 3.32. The first-order valence-corrected chi connectivity index (χ1v) is 9.82. The Morgan fingerprint density at radius 3 is 2.67 bits per heavy atom. The van der Waals surface area contributed by atoms with Crippen LogP contribution in [-0.2, 0) is 19.5 Å². The Morgan fingerprint density at radius 2 is 1.92 bits per heavy atom. The Kier molecular flexibility index (Phi) is 4.19. The van der Waals surface area contributed by atoms with Crippen molar-refractivity contribution in [2.24, 2.45) is 0 Å². The van der Waals surface area contributed by atoms with Gasteiger partial charge in [0.05, 0.1) is 31.6 Å². The van der Waals surface area contributed by atoms with Crippen molar-refractivity contribution in [2.75, 3.05) is 50.9 Å². The molecule has 0 aromatic carbocycles. The fourth-order valence-corrected chi connectivity index (χ4v) is 5.22. The molecule has 1 aromatic rings. The number of anilines is 1. The van der Waals surface area contributed by atoms with Crippen molar-refractivity contribution in [1.29, 1.82) is 0 Å². The van der Waals surface area contributed by atoms with E-state index in [1.807, 2.05) is 4.90 Å². The summed E-state index contributed by atoms with van der Waals surface area (Å²) in [5, 5.41) is -0.218. The summed E-state index contributed by atoms with van der Waals surface area (Å²) in [6.45, 7) is 3.21. The van der Waals surface area contributed by atoms with Crippen molar-refractivity contribution in [3.63, 3.8) is 0 Å². The fraction of sp³-hybridized carbons (Fsp3) is 0.733. The lowest BCUT2D eigenvalue weighted by Crippen LogP contribution is -2.60. The van der Waals surface area contributed by atoms with E-state index in [0.29, 0.717) is 51.9 Å². The molecule has 8 nitrogen and oxygen atoms in total. The number of sulfonamides is 1. The smallest absolute Gasteiger partial charge is 0.225 e. The first-order chi connectivity index (χ1) is 11.6. The quantitative estimate of drug-likeness (QED) is 0.748. The Hall–Kier alpha value is -1.29. The summed E-state index contributed by atoms with van der Waals surface area (Å²) in [5.41, 5.74) is -0.671. The minimum absolute atomic E-state index is 0.218. The molecule has 2 aliphatic heterocycles. The first-order valence-electron chi connectivity index (χ1n) is 8.32. The van der Waals surface area contributed by atoms with Gasteiger partial charge in [-0.2, -0.15) is 4.31 Å². The third-order valence-electron chi connectivity index (χ3n) is 4.70. The highest BCUT2D eigenvalue weighted by atomic mass is 32.2. The Labute approximate surface area is 141 Å². The molecule has 3 fully saturated rings. The lowest BCUT2D eigenvalue weighted by Gasteiger charge is -2.43. The maximum absolute atomic E-state index is 12.7. The predicted octanol–water partition coefficient (Wildman–Crippen LogP) is -0.124. The van der Waals surface area contributed by atoms with Crippen molar-refractivity contribution in [2.45, 2.75) is 23.7 Å². The molecule has 0 radical (unpaired) electrons. The van der Waals surface area contributed by atoms with Gasteiger partial charge in [-0.15, -0.1) is 0 Å². The van der Waals surface area contributed by atoms with Crippen molar-refractivity contribution >= 4 is 16.0 Å². The van der Waals surface area contributed by atoms with Gasteiger partial charge in [0.2, 0.25) is 16.0 Å². The van der Waals surface area contributed by atoms with Crippen molar-refractivity contribution in [1.82, 2.24) is 14.3 Å². The molecule has 1 spiro atoms. The molecule has 132 valence electrons. The van der Waals surface area contributed by atoms with Crippen molar-refractivity contribution in [3.8, 4) is 0 Å². The van der Waals surface area contributed by atoms with Crippen LogP contribution < -0.4 is 4.90 Å². The highest BCUT2D eigenvalue weighted by Crippen LogP contribution is 2.33. The number of morpholine rings is 1. The molecule has 1 aliphatic carbocycles. The van der Waals surface area contributed by atoms with Crippen LogP contribution in [-0.4, -0.2) is 79.5 Å². The van der Waals surface area contributed by atoms with Crippen LogP contribution in [0.2, 0.25) is 0 Å². The summed E-state index contributed by atoms with van der Waals surface area (Å²) >= 11 is 0. The van der Waals surface area contributed by atoms with Crippen LogP contribution in [0.15, 0.2) is 18.5 Å². The van der Waals surface area contributed by atoms with Gasteiger partial charge in [-0.1, -0.05) is 0 Å². The van der Waals surface area contributed by atoms with Gasteiger partial charge in [0, 0.05) is 32.0 Å². The van der Waals surface area contributed by atoms with Crippen LogP contribution in [0, 0.1) is 0 Å². The first kappa shape index (κ1) is 16.2. The van der Waals surface area contributed by atoms with Crippen LogP contribution in [0.25, 0.3) is 0 Å². The standard InChI is InChI=1S/C15H22N4O4S/c20-24(21,13-2-3-13)19-7-8-22-12-15(11-19)10-18(6-9-23-15)14-16-4-1-5-17-14/h1,4-5,13H,2-3,6-12H2/t15-/m1/s1. The number of aromatic nitrogens is 2. The number of rotatable bonds is 3. The lowest BCUT2D eigenvalue weighted by atomic mass is 10.0. The van der Waals surface area contributed by atoms with E-state index in [0.717, 1.165) is 12.8 Å². The molecule has 3 aliphatic rings. The molecule has 24 heavy (non-hydrogen) atoms. The summed E-state index contributed by atoms with van der Waals surface area (Å²) in [7, 11) is -3.25. The zero-order valence-corrected chi connectivity index (χ0v) is 14.3.